The lowest BCUT2D eigenvalue weighted by atomic mass is 10.0. The molecule has 0 amide bonds. The van der Waals surface area contributed by atoms with Crippen LogP contribution in [0.1, 0.15) is 43.4 Å². The highest BCUT2D eigenvalue weighted by molar-refractivity contribution is 6.30. The second-order valence-corrected chi connectivity index (χ2v) is 5.05. The van der Waals surface area contributed by atoms with Gasteiger partial charge in [-0.2, -0.15) is 0 Å². The maximum absolute atomic E-state index is 5.92. The van der Waals surface area contributed by atoms with E-state index >= 15 is 0 Å². The lowest BCUT2D eigenvalue weighted by Gasteiger charge is -2.16. The van der Waals surface area contributed by atoms with Crippen molar-refractivity contribution in [3.8, 4) is 0 Å². The molecule has 0 saturated carbocycles. The summed E-state index contributed by atoms with van der Waals surface area (Å²) in [4.78, 5) is 0. The van der Waals surface area contributed by atoms with Gasteiger partial charge in [-0.1, -0.05) is 37.6 Å². The van der Waals surface area contributed by atoms with Gasteiger partial charge < -0.3 is 9.73 Å². The molecule has 0 radical (unpaired) electrons. The number of furan rings is 1. The Bertz CT molecular complexity index is 504. The van der Waals surface area contributed by atoms with E-state index in [2.05, 4.69) is 31.3 Å². The third kappa shape index (κ3) is 3.85. The Morgan fingerprint density at radius 2 is 1.74 bits per heavy atom. The Balaban J connectivity index is 1.97. The van der Waals surface area contributed by atoms with Gasteiger partial charge in [-0.3, -0.25) is 0 Å². The Morgan fingerprint density at radius 3 is 2.32 bits per heavy atom. The van der Waals surface area contributed by atoms with E-state index in [1.807, 2.05) is 24.3 Å². The molecule has 1 heterocycles. The minimum absolute atomic E-state index is 0.326. The molecule has 102 valence electrons. The summed E-state index contributed by atoms with van der Waals surface area (Å²) in [6.07, 6.45) is 1.97. The minimum atomic E-state index is 0.326. The van der Waals surface area contributed by atoms with Gasteiger partial charge in [0.2, 0.25) is 0 Å². The van der Waals surface area contributed by atoms with Crippen molar-refractivity contribution >= 4 is 11.6 Å². The topological polar surface area (TPSA) is 25.2 Å². The number of rotatable bonds is 6. The number of hydrogen-bond donors (Lipinski definition) is 1. The van der Waals surface area contributed by atoms with Crippen molar-refractivity contribution in [1.29, 1.82) is 0 Å². The number of aryl methyl sites for hydroxylation is 1. The first-order chi connectivity index (χ1) is 9.22. The highest BCUT2D eigenvalue weighted by Crippen LogP contribution is 2.20. The molecular formula is C16H20ClNO. The van der Waals surface area contributed by atoms with Gasteiger partial charge in [-0.15, -0.1) is 0 Å². The van der Waals surface area contributed by atoms with E-state index in [0.29, 0.717) is 6.04 Å². The van der Waals surface area contributed by atoms with Crippen LogP contribution >= 0.6 is 11.6 Å². The lowest BCUT2D eigenvalue weighted by molar-refractivity contribution is 0.423. The van der Waals surface area contributed by atoms with Gasteiger partial charge >= 0.3 is 0 Å². The number of halogens is 1. The molecule has 0 saturated heterocycles. The number of benzene rings is 1. The SMILES string of the molecule is CCc1ccc(CNC(CC)c2ccc(Cl)cc2)o1. The van der Waals surface area contributed by atoms with E-state index in [0.717, 1.165) is 35.9 Å². The van der Waals surface area contributed by atoms with Gasteiger partial charge in [0.1, 0.15) is 11.5 Å². The highest BCUT2D eigenvalue weighted by Gasteiger charge is 2.09. The van der Waals surface area contributed by atoms with Gasteiger partial charge in [-0.05, 0) is 36.2 Å². The number of nitrogens with one attached hydrogen (secondary N) is 1. The normalized spacial score (nSPS) is 12.6. The van der Waals surface area contributed by atoms with Gasteiger partial charge in [0.15, 0.2) is 0 Å². The second-order valence-electron chi connectivity index (χ2n) is 4.61. The first-order valence-corrected chi connectivity index (χ1v) is 7.17. The van der Waals surface area contributed by atoms with Crippen molar-refractivity contribution in [3.63, 3.8) is 0 Å². The van der Waals surface area contributed by atoms with Gasteiger partial charge in [0.25, 0.3) is 0 Å². The summed E-state index contributed by atoms with van der Waals surface area (Å²) >= 11 is 5.92. The van der Waals surface area contributed by atoms with Crippen LogP contribution < -0.4 is 5.32 Å². The van der Waals surface area contributed by atoms with E-state index < -0.39 is 0 Å². The molecule has 1 aromatic heterocycles. The quantitative estimate of drug-likeness (QED) is 0.825. The average molecular weight is 278 g/mol. The molecule has 1 aromatic carbocycles. The Hall–Kier alpha value is -1.25. The van der Waals surface area contributed by atoms with E-state index in [1.54, 1.807) is 0 Å². The number of hydrogen-bond acceptors (Lipinski definition) is 2. The summed E-state index contributed by atoms with van der Waals surface area (Å²) in [5.41, 5.74) is 1.26. The van der Waals surface area contributed by atoms with Gasteiger partial charge in [-0.25, -0.2) is 0 Å². The molecule has 19 heavy (non-hydrogen) atoms. The van der Waals surface area contributed by atoms with Crippen LogP contribution in [0.15, 0.2) is 40.8 Å². The van der Waals surface area contributed by atoms with Gasteiger partial charge in [0.05, 0.1) is 6.54 Å². The molecule has 1 N–H and O–H groups in total. The van der Waals surface area contributed by atoms with Crippen LogP contribution in [0.4, 0.5) is 0 Å². The summed E-state index contributed by atoms with van der Waals surface area (Å²) in [6, 6.07) is 12.4. The van der Waals surface area contributed by atoms with Crippen LogP contribution in [0.25, 0.3) is 0 Å². The van der Waals surface area contributed by atoms with Crippen LogP contribution in [0.5, 0.6) is 0 Å². The largest absolute Gasteiger partial charge is 0.465 e. The predicted octanol–water partition coefficient (Wildman–Crippen LogP) is 4.74. The van der Waals surface area contributed by atoms with Crippen LogP contribution in [0.2, 0.25) is 5.02 Å². The highest BCUT2D eigenvalue weighted by atomic mass is 35.5. The smallest absolute Gasteiger partial charge is 0.117 e. The first kappa shape index (κ1) is 14.2. The van der Waals surface area contributed by atoms with Crippen molar-refractivity contribution in [2.24, 2.45) is 0 Å². The fourth-order valence-electron chi connectivity index (χ4n) is 2.12. The molecule has 2 nitrogen and oxygen atoms in total. The molecular weight excluding hydrogens is 258 g/mol. The maximum Gasteiger partial charge on any atom is 0.117 e. The van der Waals surface area contributed by atoms with Crippen LogP contribution in [0, 0.1) is 0 Å². The Morgan fingerprint density at radius 1 is 1.05 bits per heavy atom. The zero-order chi connectivity index (χ0) is 13.7. The third-order valence-corrected chi connectivity index (χ3v) is 3.52. The summed E-state index contributed by atoms with van der Waals surface area (Å²) in [6.45, 7) is 5.02. The molecule has 1 unspecified atom stereocenters. The van der Waals surface area contributed by atoms with E-state index in [-0.39, 0.29) is 0 Å². The molecule has 0 fully saturated rings. The van der Waals surface area contributed by atoms with Crippen molar-refractivity contribution in [2.45, 2.75) is 39.3 Å². The van der Waals surface area contributed by atoms with Crippen molar-refractivity contribution in [2.75, 3.05) is 0 Å². The summed E-state index contributed by atoms with van der Waals surface area (Å²) in [5.74, 6) is 2.03. The van der Waals surface area contributed by atoms with Crippen LogP contribution in [-0.2, 0) is 13.0 Å². The Kier molecular flexibility index (Phi) is 5.06. The molecule has 0 bridgehead atoms. The van der Waals surface area contributed by atoms with Crippen LogP contribution in [-0.4, -0.2) is 0 Å². The van der Waals surface area contributed by atoms with E-state index in [4.69, 9.17) is 16.0 Å². The molecule has 2 aromatic rings. The summed E-state index contributed by atoms with van der Waals surface area (Å²) < 4.78 is 5.70. The van der Waals surface area contributed by atoms with Gasteiger partial charge in [0, 0.05) is 17.5 Å². The molecule has 0 aliphatic carbocycles. The molecule has 1 atom stereocenters. The summed E-state index contributed by atoms with van der Waals surface area (Å²) in [5, 5.41) is 4.30. The average Bonchev–Trinajstić information content (AvgIpc) is 2.89. The molecule has 0 spiro atoms. The van der Waals surface area contributed by atoms with Crippen molar-refractivity contribution in [1.82, 2.24) is 5.32 Å². The fraction of sp³-hybridized carbons (Fsp3) is 0.375. The molecule has 0 aliphatic rings. The predicted molar refractivity (Wildman–Crippen MR) is 79.4 cm³/mol. The van der Waals surface area contributed by atoms with Crippen molar-refractivity contribution < 1.29 is 4.42 Å². The second kappa shape index (κ2) is 6.78. The van der Waals surface area contributed by atoms with Crippen LogP contribution in [0.3, 0.4) is 0 Å². The lowest BCUT2D eigenvalue weighted by Crippen LogP contribution is -2.19. The zero-order valence-electron chi connectivity index (χ0n) is 11.4. The maximum atomic E-state index is 5.92. The molecule has 2 rings (SSSR count). The Labute approximate surface area is 119 Å². The fourth-order valence-corrected chi connectivity index (χ4v) is 2.25. The first-order valence-electron chi connectivity index (χ1n) is 6.79. The van der Waals surface area contributed by atoms with E-state index in [1.165, 1.54) is 5.56 Å². The minimum Gasteiger partial charge on any atom is -0.465 e. The molecule has 3 heteroatoms. The standard InChI is InChI=1S/C16H20ClNO/c1-3-14-9-10-15(19-14)11-18-16(4-2)12-5-7-13(17)8-6-12/h5-10,16,18H,3-4,11H2,1-2H3. The molecule has 0 aliphatic heterocycles. The third-order valence-electron chi connectivity index (χ3n) is 3.27. The van der Waals surface area contributed by atoms with E-state index in [9.17, 15) is 0 Å². The zero-order valence-corrected chi connectivity index (χ0v) is 12.2. The van der Waals surface area contributed by atoms with Crippen molar-refractivity contribution in [3.05, 3.63) is 58.5 Å². The summed E-state index contributed by atoms with van der Waals surface area (Å²) in [7, 11) is 0. The monoisotopic (exact) mass is 277 g/mol.